The molecule has 1 aliphatic carbocycles. The van der Waals surface area contributed by atoms with E-state index in [0.717, 1.165) is 49.1 Å². The van der Waals surface area contributed by atoms with E-state index in [1.165, 1.54) is 11.6 Å². The van der Waals surface area contributed by atoms with Crippen LogP contribution in [0.1, 0.15) is 82.0 Å². The second-order valence-electron chi connectivity index (χ2n) is 11.3. The number of hydrogen-bond acceptors (Lipinski definition) is 6. The van der Waals surface area contributed by atoms with E-state index < -0.39 is 42.5 Å². The molecular weight excluding hydrogens is 553 g/mol. The van der Waals surface area contributed by atoms with Gasteiger partial charge in [0.15, 0.2) is 10.8 Å². The van der Waals surface area contributed by atoms with Crippen molar-refractivity contribution in [2.24, 2.45) is 11.7 Å². The van der Waals surface area contributed by atoms with Crippen LogP contribution in [0.5, 0.6) is 0 Å². The van der Waals surface area contributed by atoms with Gasteiger partial charge < -0.3 is 25.4 Å². The number of nitrogens with one attached hydrogen (secondary N) is 1. The number of fused-ring (bicyclic) bond motifs is 1. The molecule has 2 aliphatic rings. The molecule has 222 valence electrons. The molecule has 0 radical (unpaired) electrons. The molecule has 4 rings (SSSR count). The van der Waals surface area contributed by atoms with Crippen LogP contribution in [0.4, 0.5) is 22.8 Å². The molecule has 0 aromatic carbocycles. The summed E-state index contributed by atoms with van der Waals surface area (Å²) < 4.78 is 52.2. The van der Waals surface area contributed by atoms with Gasteiger partial charge in [0.05, 0.1) is 31.1 Å². The van der Waals surface area contributed by atoms with Crippen LogP contribution in [0, 0.1) is 5.92 Å². The molecule has 3 amide bonds. The van der Waals surface area contributed by atoms with Gasteiger partial charge >= 0.3 is 18.3 Å². The normalized spacial score (nSPS) is 20.8. The van der Waals surface area contributed by atoms with Crippen molar-refractivity contribution in [1.82, 2.24) is 24.8 Å². The molecule has 1 saturated heterocycles. The van der Waals surface area contributed by atoms with Crippen LogP contribution in [-0.4, -0.2) is 69.7 Å². The first-order valence-electron chi connectivity index (χ1n) is 13.5. The highest BCUT2D eigenvalue weighted by Crippen LogP contribution is 2.41. The molecule has 3 atom stereocenters. The molecule has 2 aromatic heterocycles. The third-order valence-electron chi connectivity index (χ3n) is 7.78. The number of amides is 3. The third-order valence-corrected chi connectivity index (χ3v) is 8.07. The summed E-state index contributed by atoms with van der Waals surface area (Å²) in [5, 5.41) is 6.43. The highest BCUT2D eigenvalue weighted by atomic mass is 35.5. The maximum atomic E-state index is 13.3. The van der Waals surface area contributed by atoms with Crippen molar-refractivity contribution >= 4 is 29.4 Å². The minimum absolute atomic E-state index is 0.0187. The van der Waals surface area contributed by atoms with Gasteiger partial charge in [-0.2, -0.15) is 18.3 Å². The number of primary amides is 1. The van der Waals surface area contributed by atoms with E-state index in [1.807, 2.05) is 19.2 Å². The van der Waals surface area contributed by atoms with Gasteiger partial charge in [-0.1, -0.05) is 37.3 Å². The van der Waals surface area contributed by atoms with Crippen LogP contribution in [0.15, 0.2) is 12.3 Å². The number of aromatic nitrogens is 3. The molecular formula is C26H36ClF3N6O4. The molecule has 2 fully saturated rings. The smallest absolute Gasteiger partial charge is 0.410 e. The minimum Gasteiger partial charge on any atom is -0.444 e. The lowest BCUT2D eigenvalue weighted by atomic mass is 9.78. The summed E-state index contributed by atoms with van der Waals surface area (Å²) in [6, 6.07) is -2.15. The summed E-state index contributed by atoms with van der Waals surface area (Å²) in [4.78, 5) is 30.0. The number of urea groups is 1. The Morgan fingerprint density at radius 2 is 1.93 bits per heavy atom. The molecule has 10 nitrogen and oxygen atoms in total. The van der Waals surface area contributed by atoms with Crippen molar-refractivity contribution in [3.8, 4) is 0 Å². The molecule has 3 heterocycles. The Morgan fingerprint density at radius 3 is 2.50 bits per heavy atom. The lowest BCUT2D eigenvalue weighted by molar-refractivity contribution is -0.150. The Hall–Kier alpha value is -2.80. The zero-order chi connectivity index (χ0) is 29.2. The topological polar surface area (TPSA) is 124 Å². The van der Waals surface area contributed by atoms with Gasteiger partial charge in [-0.25, -0.2) is 19.1 Å². The zero-order valence-corrected chi connectivity index (χ0v) is 23.6. The van der Waals surface area contributed by atoms with Crippen LogP contribution < -0.4 is 11.1 Å². The van der Waals surface area contributed by atoms with E-state index in [4.69, 9.17) is 31.8 Å². The summed E-state index contributed by atoms with van der Waals surface area (Å²) in [6.45, 7) is 2.95. The van der Waals surface area contributed by atoms with Crippen LogP contribution in [0.2, 0.25) is 5.15 Å². The number of imidazole rings is 1. The van der Waals surface area contributed by atoms with E-state index in [9.17, 15) is 22.8 Å². The average molecular weight is 589 g/mol. The fraction of sp³-hybridized carbons (Fsp3) is 0.692. The van der Waals surface area contributed by atoms with Gasteiger partial charge in [0.25, 0.3) is 0 Å². The quantitative estimate of drug-likeness (QED) is 0.381. The first kappa shape index (κ1) is 30.2. The monoisotopic (exact) mass is 588 g/mol. The Balaban J connectivity index is 1.70. The first-order valence-corrected chi connectivity index (χ1v) is 13.8. The molecule has 0 bridgehead atoms. The number of rotatable bonds is 9. The maximum Gasteiger partial charge on any atom is 0.410 e. The van der Waals surface area contributed by atoms with Crippen LogP contribution in [0.25, 0.3) is 5.65 Å². The molecule has 0 unspecified atom stereocenters. The number of nitrogens with zero attached hydrogens (tertiary/aromatic N) is 4. The Labute approximate surface area is 235 Å². The highest BCUT2D eigenvalue weighted by molar-refractivity contribution is 6.30. The van der Waals surface area contributed by atoms with E-state index >= 15 is 0 Å². The van der Waals surface area contributed by atoms with Crippen LogP contribution >= 0.6 is 11.6 Å². The van der Waals surface area contributed by atoms with Gasteiger partial charge in [0, 0.05) is 18.6 Å². The summed E-state index contributed by atoms with van der Waals surface area (Å²) >= 11 is 6.54. The van der Waals surface area contributed by atoms with Crippen molar-refractivity contribution in [2.75, 3.05) is 20.3 Å². The Morgan fingerprint density at radius 1 is 1.25 bits per heavy atom. The molecule has 14 heteroatoms. The number of carbonyl (C=O) groups is 2. The van der Waals surface area contributed by atoms with Gasteiger partial charge in [0.1, 0.15) is 11.6 Å². The second-order valence-corrected chi connectivity index (χ2v) is 11.6. The molecule has 0 spiro atoms. The van der Waals surface area contributed by atoms with Gasteiger partial charge in [-0.3, -0.25) is 0 Å². The summed E-state index contributed by atoms with van der Waals surface area (Å²) in [5.74, 6) is 0.231. The van der Waals surface area contributed by atoms with Gasteiger partial charge in [-0.05, 0) is 45.1 Å². The standard InChI is InChI=1S/C26H36ClF3N6O4/c1-25(2,40-23(31)37)11-17(15-8-6-4-5-7-9-15)18-12-36-21(32-18)10-16(22(27)34-36)19(14-39-3)35-13-20(26(28,29)30)33-24(35)38/h10,12,15,17,19-20H,4-9,11,13-14H2,1-3H3,(H2,31,37)(H,33,38)/t17-,19+,20-/m0/s1. The fourth-order valence-corrected chi connectivity index (χ4v) is 6.19. The predicted molar refractivity (Wildman–Crippen MR) is 141 cm³/mol. The molecule has 2 aromatic rings. The molecule has 40 heavy (non-hydrogen) atoms. The third kappa shape index (κ3) is 6.91. The van der Waals surface area contributed by atoms with Crippen molar-refractivity contribution < 1.29 is 32.2 Å². The maximum absolute atomic E-state index is 13.3. The largest absolute Gasteiger partial charge is 0.444 e. The minimum atomic E-state index is -4.59. The van der Waals surface area contributed by atoms with Crippen molar-refractivity contribution in [2.45, 2.75) is 88.6 Å². The van der Waals surface area contributed by atoms with E-state index in [2.05, 4.69) is 5.10 Å². The lowest BCUT2D eigenvalue weighted by Gasteiger charge is -2.32. The average Bonchev–Trinajstić information content (AvgIpc) is 3.32. The first-order chi connectivity index (χ1) is 18.8. The SMILES string of the molecule is COC[C@H](c1cc2nc([C@@H](CC(C)(C)OC(N)=O)C3CCCCCC3)cn2nc1Cl)N1C[C@@H](C(F)(F)F)NC1=O. The zero-order valence-electron chi connectivity index (χ0n) is 22.8. The number of methoxy groups -OCH3 is 1. The fourth-order valence-electron chi connectivity index (χ4n) is 5.93. The predicted octanol–water partition coefficient (Wildman–Crippen LogP) is 5.34. The van der Waals surface area contributed by atoms with Crippen LogP contribution in [-0.2, 0) is 9.47 Å². The van der Waals surface area contributed by atoms with E-state index in [1.54, 1.807) is 12.3 Å². The number of hydrogen-bond donors (Lipinski definition) is 2. The van der Waals surface area contributed by atoms with E-state index in [-0.39, 0.29) is 17.7 Å². The van der Waals surface area contributed by atoms with Crippen molar-refractivity contribution in [3.05, 3.63) is 28.7 Å². The number of halogens is 4. The van der Waals surface area contributed by atoms with Crippen molar-refractivity contribution in [3.63, 3.8) is 0 Å². The summed E-state index contributed by atoms with van der Waals surface area (Å²) in [5.41, 5.74) is 5.99. The number of carbonyl (C=O) groups excluding carboxylic acids is 2. The lowest BCUT2D eigenvalue weighted by Crippen LogP contribution is -2.40. The van der Waals surface area contributed by atoms with E-state index in [0.29, 0.717) is 23.5 Å². The molecule has 1 aliphatic heterocycles. The summed E-state index contributed by atoms with van der Waals surface area (Å²) in [7, 11) is 1.39. The summed E-state index contributed by atoms with van der Waals surface area (Å²) in [6.07, 6.45) is 3.36. The highest BCUT2D eigenvalue weighted by Gasteiger charge is 2.49. The number of nitrogens with two attached hydrogens (primary N) is 1. The molecule has 3 N–H and O–H groups in total. The number of ether oxygens (including phenoxy) is 2. The Bertz CT molecular complexity index is 1210. The molecule has 1 saturated carbocycles. The Kier molecular flexibility index (Phi) is 9.03. The second kappa shape index (κ2) is 12.0. The van der Waals surface area contributed by atoms with Crippen LogP contribution in [0.3, 0.4) is 0 Å². The number of alkyl halides is 3. The van der Waals surface area contributed by atoms with Gasteiger partial charge in [0.2, 0.25) is 0 Å². The van der Waals surface area contributed by atoms with Gasteiger partial charge in [-0.15, -0.1) is 0 Å². The van der Waals surface area contributed by atoms with Crippen molar-refractivity contribution in [1.29, 1.82) is 0 Å².